The molecule has 2 fully saturated rings. The Kier molecular flexibility index (Phi) is 7.03. The van der Waals surface area contributed by atoms with Crippen molar-refractivity contribution in [2.75, 3.05) is 30.0 Å². The van der Waals surface area contributed by atoms with Gasteiger partial charge in [-0.25, -0.2) is 4.98 Å². The van der Waals surface area contributed by atoms with Gasteiger partial charge in [0.15, 0.2) is 0 Å². The maximum absolute atomic E-state index is 11.9. The summed E-state index contributed by atoms with van der Waals surface area (Å²) in [5.74, 6) is 8.89. The zero-order valence-corrected chi connectivity index (χ0v) is 20.5. The van der Waals surface area contributed by atoms with E-state index in [2.05, 4.69) is 39.2 Å². The maximum Gasteiger partial charge on any atom is 0.143 e. The Bertz CT molecular complexity index is 1240. The molecule has 186 valence electrons. The Morgan fingerprint density at radius 1 is 1.25 bits per heavy atom. The first-order chi connectivity index (χ1) is 17.6. The van der Waals surface area contributed by atoms with E-state index in [9.17, 15) is 5.11 Å². The fourth-order valence-corrected chi connectivity index (χ4v) is 5.05. The summed E-state index contributed by atoms with van der Waals surface area (Å²) in [6, 6.07) is 13.9. The molecule has 36 heavy (non-hydrogen) atoms. The highest BCUT2D eigenvalue weighted by Gasteiger charge is 2.38. The van der Waals surface area contributed by atoms with Gasteiger partial charge >= 0.3 is 0 Å². The van der Waals surface area contributed by atoms with Gasteiger partial charge in [0.2, 0.25) is 0 Å². The second kappa shape index (κ2) is 10.5. The van der Waals surface area contributed by atoms with Gasteiger partial charge in [0.25, 0.3) is 0 Å². The summed E-state index contributed by atoms with van der Waals surface area (Å²) in [7, 11) is 0. The fraction of sp³-hybridized carbons (Fsp3) is 0.393. The lowest BCUT2D eigenvalue weighted by atomic mass is 9.74. The molecule has 4 N–H and O–H groups in total. The Hall–Kier alpha value is -3.67. The smallest absolute Gasteiger partial charge is 0.143 e. The number of nitrogens with zero attached hydrogens (tertiary/aromatic N) is 3. The summed E-state index contributed by atoms with van der Waals surface area (Å²) in [4.78, 5) is 7.09. The lowest BCUT2D eigenvalue weighted by molar-refractivity contribution is -0.00803. The molecule has 0 radical (unpaired) electrons. The van der Waals surface area contributed by atoms with E-state index in [0.29, 0.717) is 43.3 Å². The van der Waals surface area contributed by atoms with Gasteiger partial charge in [-0.1, -0.05) is 30.0 Å². The summed E-state index contributed by atoms with van der Waals surface area (Å²) < 4.78 is 5.63. The molecule has 8 heteroatoms. The van der Waals surface area contributed by atoms with Crippen LogP contribution < -0.4 is 10.2 Å². The largest absolute Gasteiger partial charge is 0.385 e. The van der Waals surface area contributed by atoms with Gasteiger partial charge in [0, 0.05) is 35.9 Å². The number of aromatic nitrogens is 3. The van der Waals surface area contributed by atoms with Crippen molar-refractivity contribution in [2.45, 2.75) is 44.2 Å². The molecule has 5 rings (SSSR count). The van der Waals surface area contributed by atoms with Gasteiger partial charge in [-0.05, 0) is 56.4 Å². The first-order valence-electron chi connectivity index (χ1n) is 12.5. The van der Waals surface area contributed by atoms with Crippen molar-refractivity contribution in [1.29, 1.82) is 5.41 Å². The molecule has 1 aromatic carbocycles. The molecule has 1 atom stereocenters. The molecule has 0 bridgehead atoms. The number of nitrogens with one attached hydrogen (secondary N) is 3. The highest BCUT2D eigenvalue weighted by Crippen LogP contribution is 2.43. The average molecular weight is 485 g/mol. The van der Waals surface area contributed by atoms with Crippen molar-refractivity contribution in [2.24, 2.45) is 5.92 Å². The standard InChI is InChI=1S/C28H32N6O2/c1-20-19-36-16-15-34(20)26-17-24(23(18-29)27(32-26)31-25-11-14-30-33-25)28(35)12-9-22(10-13-28)8-7-21-5-3-2-4-6-21/h2-6,11,14,17-18,20,22,29,35H,9-10,12-13,15-16,19H2,1H3,(H2,30,31,32,33)/t20-,22?,28?/m1/s1. The molecule has 1 saturated carbocycles. The number of H-pyrrole nitrogens is 1. The zero-order chi connectivity index (χ0) is 25.0. The quantitative estimate of drug-likeness (QED) is 0.319. The first kappa shape index (κ1) is 24.0. The normalized spacial score (nSPS) is 24.0. The Morgan fingerprint density at radius 2 is 2.06 bits per heavy atom. The summed E-state index contributed by atoms with van der Waals surface area (Å²) in [6.07, 6.45) is 5.69. The lowest BCUT2D eigenvalue weighted by Gasteiger charge is -2.38. The molecule has 1 aliphatic carbocycles. The minimum Gasteiger partial charge on any atom is -0.385 e. The van der Waals surface area contributed by atoms with E-state index in [4.69, 9.17) is 15.1 Å². The minimum absolute atomic E-state index is 0.156. The molecular formula is C28H32N6O2. The van der Waals surface area contributed by atoms with Crippen molar-refractivity contribution in [3.8, 4) is 11.8 Å². The van der Waals surface area contributed by atoms with Crippen LogP contribution in [0.1, 0.15) is 49.3 Å². The molecule has 2 aliphatic rings. The number of benzene rings is 1. The van der Waals surface area contributed by atoms with Crippen LogP contribution >= 0.6 is 0 Å². The summed E-state index contributed by atoms with van der Waals surface area (Å²) >= 11 is 0. The van der Waals surface area contributed by atoms with Gasteiger partial charge < -0.3 is 25.5 Å². The Labute approximate surface area is 211 Å². The van der Waals surface area contributed by atoms with Gasteiger partial charge in [0.05, 0.1) is 31.1 Å². The average Bonchev–Trinajstić information content (AvgIpc) is 3.42. The van der Waals surface area contributed by atoms with Crippen molar-refractivity contribution >= 4 is 23.7 Å². The third kappa shape index (κ3) is 5.13. The molecule has 8 nitrogen and oxygen atoms in total. The van der Waals surface area contributed by atoms with Crippen LogP contribution in [0.15, 0.2) is 48.7 Å². The van der Waals surface area contributed by atoms with Crippen molar-refractivity contribution in [1.82, 2.24) is 15.2 Å². The first-order valence-corrected chi connectivity index (χ1v) is 12.5. The lowest BCUT2D eigenvalue weighted by Crippen LogP contribution is -2.44. The molecule has 2 aromatic heterocycles. The van der Waals surface area contributed by atoms with Crippen molar-refractivity contribution in [3.63, 3.8) is 0 Å². The highest BCUT2D eigenvalue weighted by molar-refractivity contribution is 5.89. The molecule has 0 unspecified atom stereocenters. The Morgan fingerprint density at radius 3 is 2.75 bits per heavy atom. The summed E-state index contributed by atoms with van der Waals surface area (Å²) in [5, 5.41) is 30.3. The zero-order valence-electron chi connectivity index (χ0n) is 20.5. The minimum atomic E-state index is -1.06. The van der Waals surface area contributed by atoms with E-state index in [1.807, 2.05) is 42.5 Å². The molecular weight excluding hydrogens is 452 g/mol. The third-order valence-corrected chi connectivity index (χ3v) is 7.11. The number of hydrogen-bond acceptors (Lipinski definition) is 7. The highest BCUT2D eigenvalue weighted by atomic mass is 16.5. The van der Waals surface area contributed by atoms with Crippen LogP contribution in [0.25, 0.3) is 0 Å². The number of anilines is 3. The van der Waals surface area contributed by atoms with Gasteiger partial charge in [-0.2, -0.15) is 5.10 Å². The molecule has 1 saturated heterocycles. The molecule has 0 amide bonds. The number of pyridine rings is 1. The molecule has 0 spiro atoms. The van der Waals surface area contributed by atoms with Crippen LogP contribution in [-0.4, -0.2) is 52.3 Å². The molecule has 1 aliphatic heterocycles. The van der Waals surface area contributed by atoms with E-state index >= 15 is 0 Å². The van der Waals surface area contributed by atoms with E-state index in [0.717, 1.165) is 36.3 Å². The van der Waals surface area contributed by atoms with Crippen LogP contribution in [0.4, 0.5) is 17.5 Å². The Balaban J connectivity index is 1.46. The van der Waals surface area contributed by atoms with Crippen LogP contribution in [0.3, 0.4) is 0 Å². The van der Waals surface area contributed by atoms with Crippen LogP contribution in [0.2, 0.25) is 0 Å². The maximum atomic E-state index is 11.9. The second-order valence-electron chi connectivity index (χ2n) is 9.59. The van der Waals surface area contributed by atoms with E-state index in [1.54, 1.807) is 6.20 Å². The summed E-state index contributed by atoms with van der Waals surface area (Å²) in [6.45, 7) is 4.08. The number of hydrogen-bond donors (Lipinski definition) is 4. The monoisotopic (exact) mass is 484 g/mol. The number of aromatic amines is 1. The predicted molar refractivity (Wildman–Crippen MR) is 141 cm³/mol. The molecule has 3 heterocycles. The van der Waals surface area contributed by atoms with Gasteiger partial charge in [-0.3, -0.25) is 5.10 Å². The number of aliphatic hydroxyl groups is 1. The van der Waals surface area contributed by atoms with Crippen LogP contribution in [0, 0.1) is 23.2 Å². The van der Waals surface area contributed by atoms with Crippen LogP contribution in [-0.2, 0) is 10.3 Å². The SMILES string of the molecule is C[C@@H]1COCCN1c1cc(C2(O)CCC(C#Cc3ccccc3)CC2)c(C=N)c(Nc2ccn[nH]2)n1. The van der Waals surface area contributed by atoms with Gasteiger partial charge in [0.1, 0.15) is 17.5 Å². The van der Waals surface area contributed by atoms with Crippen LogP contribution in [0.5, 0.6) is 0 Å². The molecule has 3 aromatic rings. The number of rotatable bonds is 5. The number of ether oxygens (including phenoxy) is 1. The summed E-state index contributed by atoms with van der Waals surface area (Å²) in [5.41, 5.74) is 1.27. The van der Waals surface area contributed by atoms with Gasteiger partial charge in [-0.15, -0.1) is 0 Å². The second-order valence-corrected chi connectivity index (χ2v) is 9.59. The van der Waals surface area contributed by atoms with E-state index < -0.39 is 5.60 Å². The third-order valence-electron chi connectivity index (χ3n) is 7.11. The van der Waals surface area contributed by atoms with E-state index in [1.165, 1.54) is 6.21 Å². The fourth-order valence-electron chi connectivity index (χ4n) is 5.05. The van der Waals surface area contributed by atoms with Crippen molar-refractivity contribution < 1.29 is 9.84 Å². The predicted octanol–water partition coefficient (Wildman–Crippen LogP) is 4.20. The van der Waals surface area contributed by atoms with Crippen molar-refractivity contribution in [3.05, 3.63) is 65.4 Å². The topological polar surface area (TPSA) is 110 Å². The van der Waals surface area contributed by atoms with E-state index in [-0.39, 0.29) is 12.0 Å². The number of morpholine rings is 1.